The van der Waals surface area contributed by atoms with Gasteiger partial charge in [-0.15, -0.1) is 0 Å². The van der Waals surface area contributed by atoms with Crippen molar-refractivity contribution in [2.45, 2.75) is 32.9 Å². The van der Waals surface area contributed by atoms with Gasteiger partial charge in [0.2, 0.25) is 0 Å². The van der Waals surface area contributed by atoms with Crippen LogP contribution in [0.3, 0.4) is 0 Å². The molecule has 0 bridgehead atoms. The SMILES string of the molecule is CNCC(C)(C)COCCCC(F)(F)F. The monoisotopic (exact) mass is 227 g/mol. The van der Waals surface area contributed by atoms with Gasteiger partial charge in [-0.05, 0) is 13.5 Å². The average molecular weight is 227 g/mol. The zero-order valence-corrected chi connectivity index (χ0v) is 9.58. The maximum absolute atomic E-state index is 11.8. The Morgan fingerprint density at radius 2 is 1.80 bits per heavy atom. The third-order valence-corrected chi connectivity index (χ3v) is 1.90. The zero-order chi connectivity index (χ0) is 11.9. The van der Waals surface area contributed by atoms with Crippen molar-refractivity contribution in [1.82, 2.24) is 5.32 Å². The lowest BCUT2D eigenvalue weighted by Crippen LogP contribution is -2.31. The second kappa shape index (κ2) is 6.33. The highest BCUT2D eigenvalue weighted by Crippen LogP contribution is 2.21. The van der Waals surface area contributed by atoms with E-state index in [0.717, 1.165) is 6.54 Å². The first-order chi connectivity index (χ1) is 6.77. The number of nitrogens with one attached hydrogen (secondary N) is 1. The second-order valence-electron chi connectivity index (χ2n) is 4.47. The van der Waals surface area contributed by atoms with Crippen molar-refractivity contribution >= 4 is 0 Å². The molecule has 0 aliphatic carbocycles. The molecule has 0 amide bonds. The fraction of sp³-hybridized carbons (Fsp3) is 1.00. The molecule has 0 rings (SSSR count). The number of rotatable bonds is 7. The Morgan fingerprint density at radius 3 is 2.27 bits per heavy atom. The first-order valence-corrected chi connectivity index (χ1v) is 5.06. The van der Waals surface area contributed by atoms with E-state index in [9.17, 15) is 13.2 Å². The molecule has 15 heavy (non-hydrogen) atoms. The van der Waals surface area contributed by atoms with Gasteiger partial charge in [0, 0.05) is 25.0 Å². The van der Waals surface area contributed by atoms with Crippen LogP contribution in [0.4, 0.5) is 13.2 Å². The van der Waals surface area contributed by atoms with E-state index in [-0.39, 0.29) is 18.4 Å². The van der Waals surface area contributed by atoms with E-state index < -0.39 is 12.6 Å². The molecular formula is C10H20F3NO. The van der Waals surface area contributed by atoms with Gasteiger partial charge in [-0.3, -0.25) is 0 Å². The Hall–Kier alpha value is -0.290. The molecule has 0 fully saturated rings. The lowest BCUT2D eigenvalue weighted by Gasteiger charge is -2.23. The summed E-state index contributed by atoms with van der Waals surface area (Å²) in [5.41, 5.74) is -0.0347. The van der Waals surface area contributed by atoms with E-state index in [1.54, 1.807) is 0 Å². The fourth-order valence-electron chi connectivity index (χ4n) is 1.25. The minimum atomic E-state index is -4.07. The van der Waals surface area contributed by atoms with Crippen molar-refractivity contribution in [3.05, 3.63) is 0 Å². The van der Waals surface area contributed by atoms with Gasteiger partial charge in [-0.25, -0.2) is 0 Å². The molecule has 1 N–H and O–H groups in total. The van der Waals surface area contributed by atoms with Gasteiger partial charge in [0.15, 0.2) is 0 Å². The van der Waals surface area contributed by atoms with E-state index in [1.807, 2.05) is 20.9 Å². The van der Waals surface area contributed by atoms with E-state index in [4.69, 9.17) is 4.74 Å². The van der Waals surface area contributed by atoms with Crippen molar-refractivity contribution in [3.8, 4) is 0 Å². The summed E-state index contributed by atoms with van der Waals surface area (Å²) in [7, 11) is 1.84. The molecule has 92 valence electrons. The molecule has 0 heterocycles. The first-order valence-electron chi connectivity index (χ1n) is 5.06. The highest BCUT2D eigenvalue weighted by atomic mass is 19.4. The fourth-order valence-corrected chi connectivity index (χ4v) is 1.25. The number of ether oxygens (including phenoxy) is 1. The number of alkyl halides is 3. The molecule has 0 unspecified atom stereocenters. The van der Waals surface area contributed by atoms with E-state index in [0.29, 0.717) is 6.61 Å². The molecule has 5 heteroatoms. The average Bonchev–Trinajstić information content (AvgIpc) is 2.00. The molecule has 0 aromatic heterocycles. The summed E-state index contributed by atoms with van der Waals surface area (Å²) in [6.45, 7) is 5.45. The molecule has 0 spiro atoms. The number of halogens is 3. The van der Waals surface area contributed by atoms with Crippen molar-refractivity contribution in [2.24, 2.45) is 5.41 Å². The Balaban J connectivity index is 3.46. The van der Waals surface area contributed by atoms with Gasteiger partial charge in [0.25, 0.3) is 0 Å². The van der Waals surface area contributed by atoms with Crippen molar-refractivity contribution in [2.75, 3.05) is 26.8 Å². The third-order valence-electron chi connectivity index (χ3n) is 1.90. The Kier molecular flexibility index (Phi) is 6.20. The van der Waals surface area contributed by atoms with Gasteiger partial charge < -0.3 is 10.1 Å². The van der Waals surface area contributed by atoms with Crippen LogP contribution in [-0.4, -0.2) is 33.0 Å². The third kappa shape index (κ3) is 10.0. The largest absolute Gasteiger partial charge is 0.389 e. The normalized spacial score (nSPS) is 13.2. The summed E-state index contributed by atoms with van der Waals surface area (Å²) in [6.07, 6.45) is -4.79. The van der Waals surface area contributed by atoms with E-state index >= 15 is 0 Å². The first kappa shape index (κ1) is 14.7. The standard InChI is InChI=1S/C10H20F3NO/c1-9(2,7-14-3)8-15-6-4-5-10(11,12)13/h14H,4-8H2,1-3H3. The van der Waals surface area contributed by atoms with Crippen LogP contribution in [0.2, 0.25) is 0 Å². The quantitative estimate of drug-likeness (QED) is 0.675. The van der Waals surface area contributed by atoms with Gasteiger partial charge in [0.1, 0.15) is 0 Å². The molecule has 0 aliphatic rings. The lowest BCUT2D eigenvalue weighted by molar-refractivity contribution is -0.138. The van der Waals surface area contributed by atoms with Gasteiger partial charge in [0.05, 0.1) is 6.61 Å². The smallest absolute Gasteiger partial charge is 0.381 e. The zero-order valence-electron chi connectivity index (χ0n) is 9.58. The highest BCUT2D eigenvalue weighted by Gasteiger charge is 2.26. The maximum Gasteiger partial charge on any atom is 0.389 e. The number of hydrogen-bond donors (Lipinski definition) is 1. The van der Waals surface area contributed by atoms with Crippen LogP contribution >= 0.6 is 0 Å². The molecular weight excluding hydrogens is 207 g/mol. The molecule has 0 aromatic rings. The predicted octanol–water partition coefficient (Wildman–Crippen LogP) is 2.59. The lowest BCUT2D eigenvalue weighted by atomic mass is 9.95. The van der Waals surface area contributed by atoms with Crippen LogP contribution in [0.15, 0.2) is 0 Å². The molecule has 0 aliphatic heterocycles. The minimum Gasteiger partial charge on any atom is -0.381 e. The van der Waals surface area contributed by atoms with Crippen LogP contribution in [0.5, 0.6) is 0 Å². The van der Waals surface area contributed by atoms with Crippen LogP contribution < -0.4 is 5.32 Å². The van der Waals surface area contributed by atoms with Crippen molar-refractivity contribution in [1.29, 1.82) is 0 Å². The van der Waals surface area contributed by atoms with Gasteiger partial charge in [-0.1, -0.05) is 13.8 Å². The summed E-state index contributed by atoms with van der Waals surface area (Å²) in [4.78, 5) is 0. The Morgan fingerprint density at radius 1 is 1.20 bits per heavy atom. The second-order valence-corrected chi connectivity index (χ2v) is 4.47. The summed E-state index contributed by atoms with van der Waals surface area (Å²) in [5.74, 6) is 0. The van der Waals surface area contributed by atoms with E-state index in [2.05, 4.69) is 5.32 Å². The Labute approximate surface area is 89.2 Å². The molecule has 0 radical (unpaired) electrons. The summed E-state index contributed by atoms with van der Waals surface area (Å²) >= 11 is 0. The highest BCUT2D eigenvalue weighted by molar-refractivity contribution is 4.69. The Bertz CT molecular complexity index is 169. The number of hydrogen-bond acceptors (Lipinski definition) is 2. The molecule has 0 atom stereocenters. The van der Waals surface area contributed by atoms with Crippen LogP contribution in [0.1, 0.15) is 26.7 Å². The summed E-state index contributed by atoms with van der Waals surface area (Å²) in [6, 6.07) is 0. The molecule has 0 saturated carbocycles. The maximum atomic E-state index is 11.8. The van der Waals surface area contributed by atoms with Crippen molar-refractivity contribution < 1.29 is 17.9 Å². The minimum absolute atomic E-state index is 0.0347. The molecule has 2 nitrogen and oxygen atoms in total. The van der Waals surface area contributed by atoms with Crippen LogP contribution in [-0.2, 0) is 4.74 Å². The van der Waals surface area contributed by atoms with Crippen LogP contribution in [0.25, 0.3) is 0 Å². The van der Waals surface area contributed by atoms with Gasteiger partial charge in [-0.2, -0.15) is 13.2 Å². The molecule has 0 aromatic carbocycles. The summed E-state index contributed by atoms with van der Waals surface area (Å²) in [5, 5.41) is 3.01. The topological polar surface area (TPSA) is 21.3 Å². The van der Waals surface area contributed by atoms with Crippen LogP contribution in [0, 0.1) is 5.41 Å². The van der Waals surface area contributed by atoms with Gasteiger partial charge >= 0.3 is 6.18 Å². The van der Waals surface area contributed by atoms with Crippen molar-refractivity contribution in [3.63, 3.8) is 0 Å². The summed E-state index contributed by atoms with van der Waals surface area (Å²) < 4.78 is 40.5. The predicted molar refractivity (Wildman–Crippen MR) is 53.8 cm³/mol. The molecule has 0 saturated heterocycles. The van der Waals surface area contributed by atoms with E-state index in [1.165, 1.54) is 0 Å².